The first kappa shape index (κ1) is 30.7. The maximum Gasteiger partial charge on any atom is 0.280 e. The van der Waals surface area contributed by atoms with Gasteiger partial charge in [-0.25, -0.2) is 23.1 Å². The topological polar surface area (TPSA) is 101 Å². The lowest BCUT2D eigenvalue weighted by Crippen LogP contribution is -2.40. The number of hydrogen-bond donors (Lipinski definition) is 2. The van der Waals surface area contributed by atoms with E-state index in [4.69, 9.17) is 28.2 Å². The molecule has 0 radical (unpaired) electrons. The number of carbonyl (C=O) groups excluding carboxylic acids is 1. The average molecular weight is 648 g/mol. The zero-order valence-electron chi connectivity index (χ0n) is 22.3. The normalized spacial score (nSPS) is 15.0. The van der Waals surface area contributed by atoms with E-state index >= 15 is 0 Å². The Morgan fingerprint density at radius 2 is 1.85 bits per heavy atom. The minimum atomic E-state index is -3.89. The highest BCUT2D eigenvalue weighted by Crippen LogP contribution is 2.43. The molecule has 2 heterocycles. The van der Waals surface area contributed by atoms with Crippen molar-refractivity contribution in [3.63, 3.8) is 0 Å². The first-order chi connectivity index (χ1) is 18.4. The molecule has 13 heteroatoms. The fourth-order valence-corrected chi connectivity index (χ4v) is 9.29. The fourth-order valence-electron chi connectivity index (χ4n) is 4.54. The molecule has 2 aromatic heterocycles. The van der Waals surface area contributed by atoms with Crippen LogP contribution < -0.4 is 10.0 Å². The van der Waals surface area contributed by atoms with E-state index in [1.54, 1.807) is 56.1 Å². The molecular formula is C26H32Cl2N4O3S4. The zero-order valence-corrected chi connectivity index (χ0v) is 27.0. The number of aromatic nitrogens is 2. The summed E-state index contributed by atoms with van der Waals surface area (Å²) in [7, 11) is -3.89. The van der Waals surface area contributed by atoms with Gasteiger partial charge in [-0.3, -0.25) is 4.79 Å². The predicted molar refractivity (Wildman–Crippen MR) is 163 cm³/mol. The molecular weight excluding hydrogens is 615 g/mol. The SMILES string of the molecule is CSc1cnc(CNC(=O)c2nc(CC3CCCCC3)c(-c3ccc(S(=O)(=O)NC(C)(C)C)c(Cl)c3Cl)s2)s1. The lowest BCUT2D eigenvalue weighted by molar-refractivity contribution is 0.0950. The lowest BCUT2D eigenvalue weighted by atomic mass is 9.85. The van der Waals surface area contributed by atoms with Crippen molar-refractivity contribution in [1.29, 1.82) is 0 Å². The first-order valence-corrected chi connectivity index (χ1v) is 17.8. The number of benzene rings is 1. The summed E-state index contributed by atoms with van der Waals surface area (Å²) in [5.74, 6) is 0.188. The third-order valence-corrected chi connectivity index (χ3v) is 12.2. The maximum atomic E-state index is 13.1. The lowest BCUT2D eigenvalue weighted by Gasteiger charge is -2.22. The Morgan fingerprint density at radius 3 is 2.49 bits per heavy atom. The van der Waals surface area contributed by atoms with Crippen LogP contribution in [0.25, 0.3) is 10.4 Å². The van der Waals surface area contributed by atoms with Gasteiger partial charge in [0.25, 0.3) is 5.91 Å². The van der Waals surface area contributed by atoms with Crippen molar-refractivity contribution in [2.45, 2.75) is 80.5 Å². The number of amides is 1. The van der Waals surface area contributed by atoms with Crippen LogP contribution in [0.15, 0.2) is 27.4 Å². The second-order valence-electron chi connectivity index (χ2n) is 10.6. The summed E-state index contributed by atoms with van der Waals surface area (Å²) in [5.41, 5.74) is 0.677. The molecule has 0 unspecified atom stereocenters. The molecule has 1 aliphatic rings. The van der Waals surface area contributed by atoms with Crippen molar-refractivity contribution < 1.29 is 13.2 Å². The summed E-state index contributed by atoms with van der Waals surface area (Å²) in [6.45, 7) is 5.58. The van der Waals surface area contributed by atoms with Crippen LogP contribution in [0.5, 0.6) is 0 Å². The van der Waals surface area contributed by atoms with Gasteiger partial charge in [-0.1, -0.05) is 61.4 Å². The predicted octanol–water partition coefficient (Wildman–Crippen LogP) is 7.42. The molecule has 212 valence electrons. The molecule has 39 heavy (non-hydrogen) atoms. The Labute approximate surface area is 252 Å². The van der Waals surface area contributed by atoms with Crippen molar-refractivity contribution >= 4 is 73.6 Å². The number of sulfonamides is 1. The summed E-state index contributed by atoms with van der Waals surface area (Å²) in [4.78, 5) is 22.9. The van der Waals surface area contributed by atoms with Crippen LogP contribution in [-0.2, 0) is 23.0 Å². The molecule has 0 saturated heterocycles. The van der Waals surface area contributed by atoms with Crippen LogP contribution in [0.2, 0.25) is 10.0 Å². The summed E-state index contributed by atoms with van der Waals surface area (Å²) >= 11 is 17.7. The number of rotatable bonds is 9. The molecule has 1 aliphatic carbocycles. The van der Waals surface area contributed by atoms with Crippen molar-refractivity contribution in [2.24, 2.45) is 5.92 Å². The van der Waals surface area contributed by atoms with Gasteiger partial charge in [-0.05, 0) is 45.4 Å². The molecule has 0 aliphatic heterocycles. The third-order valence-electron chi connectivity index (χ3n) is 6.25. The van der Waals surface area contributed by atoms with Crippen LogP contribution in [0.3, 0.4) is 0 Å². The van der Waals surface area contributed by atoms with Crippen LogP contribution in [-0.4, -0.2) is 36.1 Å². The van der Waals surface area contributed by atoms with Gasteiger partial charge >= 0.3 is 0 Å². The number of halogens is 2. The summed E-state index contributed by atoms with van der Waals surface area (Å²) in [5, 5.41) is 4.15. The van der Waals surface area contributed by atoms with E-state index in [1.807, 2.05) is 6.26 Å². The Hall–Kier alpha value is -1.21. The van der Waals surface area contributed by atoms with Gasteiger partial charge in [0.2, 0.25) is 10.0 Å². The van der Waals surface area contributed by atoms with E-state index in [1.165, 1.54) is 36.7 Å². The number of thiazole rings is 2. The van der Waals surface area contributed by atoms with Crippen LogP contribution in [0.1, 0.15) is 73.4 Å². The second-order valence-corrected chi connectivity index (χ2v) is 16.2. The van der Waals surface area contributed by atoms with Crippen molar-refractivity contribution in [1.82, 2.24) is 20.0 Å². The Morgan fingerprint density at radius 1 is 1.13 bits per heavy atom. The van der Waals surface area contributed by atoms with Gasteiger partial charge < -0.3 is 5.32 Å². The van der Waals surface area contributed by atoms with Gasteiger partial charge in [-0.15, -0.1) is 34.4 Å². The monoisotopic (exact) mass is 646 g/mol. The second kappa shape index (κ2) is 12.8. The van der Waals surface area contributed by atoms with E-state index in [0.29, 0.717) is 23.0 Å². The third kappa shape index (κ3) is 7.75. The fraction of sp³-hybridized carbons (Fsp3) is 0.500. The Balaban J connectivity index is 1.67. The molecule has 1 fully saturated rings. The van der Waals surface area contributed by atoms with Crippen molar-refractivity contribution in [3.05, 3.63) is 44.1 Å². The van der Waals surface area contributed by atoms with E-state index < -0.39 is 15.6 Å². The molecule has 1 saturated carbocycles. The standard InChI is InChI=1S/C26H32Cl2N4O3S4/c1-26(2,3)32-39(34,35)18-11-10-16(21(27)22(18)28)23-17(12-15-8-6-5-7-9-15)31-25(38-23)24(33)30-13-19-29-14-20(36-4)37-19/h10-11,14-15,32H,5-9,12-13H2,1-4H3,(H,30,33). The van der Waals surface area contributed by atoms with Gasteiger partial charge in [0.15, 0.2) is 5.01 Å². The number of nitrogens with one attached hydrogen (secondary N) is 2. The van der Waals surface area contributed by atoms with Crippen molar-refractivity contribution in [2.75, 3.05) is 6.26 Å². The largest absolute Gasteiger partial charge is 0.343 e. The Kier molecular flexibility index (Phi) is 10.1. The molecule has 0 atom stereocenters. The molecule has 0 spiro atoms. The van der Waals surface area contributed by atoms with Gasteiger partial charge in [0.05, 0.1) is 37.6 Å². The molecule has 7 nitrogen and oxygen atoms in total. The minimum Gasteiger partial charge on any atom is -0.343 e. The highest BCUT2D eigenvalue weighted by molar-refractivity contribution is 8.00. The minimum absolute atomic E-state index is 0.0534. The first-order valence-electron chi connectivity index (χ1n) is 12.7. The number of hydrogen-bond acceptors (Lipinski definition) is 8. The van der Waals surface area contributed by atoms with E-state index in [9.17, 15) is 13.2 Å². The molecule has 1 amide bonds. The van der Waals surface area contributed by atoms with Gasteiger partial charge in [0.1, 0.15) is 9.90 Å². The number of nitrogens with zero attached hydrogens (tertiary/aromatic N) is 2. The zero-order chi connectivity index (χ0) is 28.4. The molecule has 3 aromatic rings. The molecule has 0 bridgehead atoms. The number of carbonyl (C=O) groups is 1. The van der Waals surface area contributed by atoms with Gasteiger partial charge in [0, 0.05) is 11.1 Å². The van der Waals surface area contributed by atoms with Crippen molar-refractivity contribution in [3.8, 4) is 10.4 Å². The average Bonchev–Trinajstić information content (AvgIpc) is 3.50. The summed E-state index contributed by atoms with van der Waals surface area (Å²) in [6, 6.07) is 3.12. The van der Waals surface area contributed by atoms with Gasteiger partial charge in [-0.2, -0.15) is 0 Å². The van der Waals surface area contributed by atoms with E-state index in [2.05, 4.69) is 15.0 Å². The van der Waals surface area contributed by atoms with E-state index in [-0.39, 0.29) is 20.8 Å². The number of thioether (sulfide) groups is 1. The quantitative estimate of drug-likeness (QED) is 0.235. The maximum absolute atomic E-state index is 13.1. The molecule has 2 N–H and O–H groups in total. The summed E-state index contributed by atoms with van der Waals surface area (Å²) < 4.78 is 29.7. The van der Waals surface area contributed by atoms with Crippen LogP contribution >= 0.6 is 57.6 Å². The van der Waals surface area contributed by atoms with E-state index in [0.717, 1.165) is 39.1 Å². The Bertz CT molecular complexity index is 1440. The van der Waals surface area contributed by atoms with Crippen LogP contribution in [0.4, 0.5) is 0 Å². The molecule has 4 rings (SSSR count). The molecule has 1 aromatic carbocycles. The smallest absolute Gasteiger partial charge is 0.280 e. The highest BCUT2D eigenvalue weighted by Gasteiger charge is 2.29. The summed E-state index contributed by atoms with van der Waals surface area (Å²) in [6.07, 6.45) is 10.3. The highest BCUT2D eigenvalue weighted by atomic mass is 35.5. The van der Waals surface area contributed by atoms with Crippen LogP contribution in [0, 0.1) is 5.92 Å².